The van der Waals surface area contributed by atoms with Crippen molar-refractivity contribution in [3.05, 3.63) is 65.4 Å². The van der Waals surface area contributed by atoms with Gasteiger partial charge in [0.05, 0.1) is 44.8 Å². The quantitative estimate of drug-likeness (QED) is 0.0310. The predicted molar refractivity (Wildman–Crippen MR) is 203 cm³/mol. The zero-order chi connectivity index (χ0) is 43.6. The van der Waals surface area contributed by atoms with E-state index in [2.05, 4.69) is 16.0 Å². The summed E-state index contributed by atoms with van der Waals surface area (Å²) in [6.07, 6.45) is 2.17. The molecule has 0 aliphatic carbocycles. The van der Waals surface area contributed by atoms with Gasteiger partial charge in [-0.25, -0.2) is 14.4 Å². The zero-order valence-electron chi connectivity index (χ0n) is 32.7. The second-order valence-electron chi connectivity index (χ2n) is 12.7. The van der Waals surface area contributed by atoms with E-state index in [0.29, 0.717) is 25.0 Å². The monoisotopic (exact) mass is 826 g/mol. The maximum absolute atomic E-state index is 13.6. The number of amides is 4. The van der Waals surface area contributed by atoms with E-state index in [1.807, 2.05) is 6.92 Å². The summed E-state index contributed by atoms with van der Waals surface area (Å²) in [4.78, 5) is 104. The van der Waals surface area contributed by atoms with Crippen LogP contribution in [0.3, 0.4) is 0 Å². The van der Waals surface area contributed by atoms with E-state index in [0.717, 1.165) is 17.9 Å². The van der Waals surface area contributed by atoms with Crippen molar-refractivity contribution >= 4 is 48.0 Å². The molecule has 0 aliphatic heterocycles. The Balaban J connectivity index is 1.74. The Hall–Kier alpha value is -7.12. The first kappa shape index (κ1) is 46.3. The molecule has 1 aromatic heterocycles. The molecule has 0 aliphatic rings. The summed E-state index contributed by atoms with van der Waals surface area (Å²) in [7, 11) is 2.80. The molecule has 59 heavy (non-hydrogen) atoms. The summed E-state index contributed by atoms with van der Waals surface area (Å²) >= 11 is 0. The van der Waals surface area contributed by atoms with Crippen molar-refractivity contribution < 1.29 is 77.1 Å². The molecule has 0 bridgehead atoms. The third-order valence-corrected chi connectivity index (χ3v) is 8.77. The van der Waals surface area contributed by atoms with E-state index in [1.54, 1.807) is 6.92 Å². The van der Waals surface area contributed by atoms with Crippen LogP contribution in [0.15, 0.2) is 52.9 Å². The molecular formula is C39H46N4O16. The average molecular weight is 827 g/mol. The van der Waals surface area contributed by atoms with Gasteiger partial charge in [0.1, 0.15) is 34.6 Å². The number of nitrogens with zero attached hydrogens (tertiary/aromatic N) is 1. The lowest BCUT2D eigenvalue weighted by Crippen LogP contribution is -2.49. The number of rotatable bonds is 25. The molecule has 4 amide bonds. The van der Waals surface area contributed by atoms with E-state index in [4.69, 9.17) is 33.7 Å². The number of carboxylic acid groups (broad SMARTS) is 3. The number of hydroxylamine groups is 2. The summed E-state index contributed by atoms with van der Waals surface area (Å²) in [5, 5.41) is 35.4. The van der Waals surface area contributed by atoms with Gasteiger partial charge in [0, 0.05) is 11.6 Å². The van der Waals surface area contributed by atoms with Crippen LogP contribution in [0.5, 0.6) is 17.2 Å². The van der Waals surface area contributed by atoms with Gasteiger partial charge < -0.3 is 54.7 Å². The van der Waals surface area contributed by atoms with Crippen LogP contribution in [-0.2, 0) is 28.8 Å². The molecule has 20 heteroatoms. The van der Waals surface area contributed by atoms with Crippen LogP contribution in [0.25, 0.3) is 11.3 Å². The molecule has 0 saturated carbocycles. The van der Waals surface area contributed by atoms with Gasteiger partial charge in [0.15, 0.2) is 12.4 Å². The lowest BCUT2D eigenvalue weighted by atomic mass is 9.90. The average Bonchev–Trinajstić information content (AvgIpc) is 3.72. The van der Waals surface area contributed by atoms with Crippen molar-refractivity contribution in [2.45, 2.75) is 64.5 Å². The number of hydrogen-bond acceptors (Lipinski definition) is 13. The van der Waals surface area contributed by atoms with E-state index >= 15 is 0 Å². The molecule has 3 rings (SSSR count). The molecule has 0 spiro atoms. The number of carbonyl (C=O) groups is 8. The fourth-order valence-corrected chi connectivity index (χ4v) is 5.81. The Bertz CT molecular complexity index is 2000. The molecular weight excluding hydrogens is 780 g/mol. The fraction of sp³-hybridized carbons (Fsp3) is 0.385. The predicted octanol–water partition coefficient (Wildman–Crippen LogP) is 3.09. The number of methoxy groups -OCH3 is 2. The molecule has 3 atom stereocenters. The minimum absolute atomic E-state index is 0.0165. The number of carbonyl (C=O) groups excluding carboxylic acids is 5. The molecule has 2 aromatic carbocycles. The molecule has 20 nitrogen and oxygen atoms in total. The van der Waals surface area contributed by atoms with Gasteiger partial charge in [-0.2, -0.15) is 5.06 Å². The first-order valence-electron chi connectivity index (χ1n) is 18.3. The smallest absolute Gasteiger partial charge is 0.366 e. The number of nitrogens with one attached hydrogen (secondary N) is 3. The SMILES string of the molecule is CCCCC[C@@H](C(=O)NCNC(=O)c1ccc(-c2ccc(C(=O)N[C@@H](CC(=O)O)C(=O)O)c(OCC(=O)O)c2)o1)[C@@H](CC)N(C=O)OC(=O)c1ccc(OC)cc1OC. The number of aliphatic carboxylic acids is 3. The fourth-order valence-electron chi connectivity index (χ4n) is 5.81. The van der Waals surface area contributed by atoms with E-state index < -0.39 is 72.6 Å². The Labute approximate surface area is 337 Å². The summed E-state index contributed by atoms with van der Waals surface area (Å²) in [5.41, 5.74) is -0.0825. The highest BCUT2D eigenvalue weighted by Crippen LogP contribution is 2.30. The highest BCUT2D eigenvalue weighted by Gasteiger charge is 2.34. The molecule has 318 valence electrons. The Kier molecular flexibility index (Phi) is 17.7. The standard InChI is InChI=1S/C39H46N4O16/c1-5-7-8-9-24(28(6-2)43(21-44)59-39(54)26-13-11-23(55-3)17-31(26)56-4)35(49)40-20-41-37(51)30-15-14-29(58-30)22-10-12-25(32(16-22)57-19-34(47)48)36(50)42-27(38(52)53)18-33(45)46/h10-17,21,24,27-28H,5-9,18-20H2,1-4H3,(H,40,49)(H,41,51)(H,42,50)(H,45,46)(H,47,48)(H,52,53)/t24-,27+,28-/m1/s1. The second kappa shape index (κ2) is 22.6. The molecule has 0 radical (unpaired) electrons. The lowest BCUT2D eigenvalue weighted by Gasteiger charge is -2.32. The van der Waals surface area contributed by atoms with Crippen molar-refractivity contribution in [1.82, 2.24) is 21.0 Å². The lowest BCUT2D eigenvalue weighted by molar-refractivity contribution is -0.171. The first-order valence-corrected chi connectivity index (χ1v) is 18.3. The maximum atomic E-state index is 13.6. The Morgan fingerprint density at radius 2 is 1.56 bits per heavy atom. The van der Waals surface area contributed by atoms with Gasteiger partial charge in [-0.1, -0.05) is 39.2 Å². The van der Waals surface area contributed by atoms with E-state index in [9.17, 15) is 43.5 Å². The summed E-state index contributed by atoms with van der Waals surface area (Å²) in [6, 6.07) is 8.15. The van der Waals surface area contributed by atoms with Crippen LogP contribution in [0.2, 0.25) is 0 Å². The largest absolute Gasteiger partial charge is 0.497 e. The number of furan rings is 1. The Morgan fingerprint density at radius 1 is 0.831 bits per heavy atom. The van der Waals surface area contributed by atoms with Crippen LogP contribution < -0.4 is 30.2 Å². The molecule has 0 unspecified atom stereocenters. The summed E-state index contributed by atoms with van der Waals surface area (Å²) in [5.74, 6) is -8.48. The third kappa shape index (κ3) is 13.2. The Morgan fingerprint density at radius 3 is 2.17 bits per heavy atom. The highest BCUT2D eigenvalue weighted by molar-refractivity contribution is 6.00. The van der Waals surface area contributed by atoms with Crippen LogP contribution in [-0.4, -0.2) is 108 Å². The van der Waals surface area contributed by atoms with E-state index in [-0.39, 0.29) is 52.8 Å². The normalized spacial score (nSPS) is 12.1. The van der Waals surface area contributed by atoms with Crippen molar-refractivity contribution in [2.75, 3.05) is 27.5 Å². The number of carboxylic acids is 3. The zero-order valence-corrected chi connectivity index (χ0v) is 32.7. The maximum Gasteiger partial charge on any atom is 0.366 e. The highest BCUT2D eigenvalue weighted by atomic mass is 16.7. The molecule has 1 heterocycles. The van der Waals surface area contributed by atoms with Gasteiger partial charge in [-0.05, 0) is 49.2 Å². The van der Waals surface area contributed by atoms with Crippen molar-refractivity contribution in [1.29, 1.82) is 0 Å². The van der Waals surface area contributed by atoms with Crippen LogP contribution in [0, 0.1) is 5.92 Å². The second-order valence-corrected chi connectivity index (χ2v) is 12.7. The summed E-state index contributed by atoms with van der Waals surface area (Å²) in [6.45, 7) is 2.44. The number of unbranched alkanes of at least 4 members (excludes halogenated alkanes) is 2. The van der Waals surface area contributed by atoms with Crippen LogP contribution >= 0.6 is 0 Å². The number of hydrogen-bond donors (Lipinski definition) is 6. The van der Waals surface area contributed by atoms with Gasteiger partial charge in [-0.3, -0.25) is 24.0 Å². The molecule has 6 N–H and O–H groups in total. The van der Waals surface area contributed by atoms with Crippen molar-refractivity contribution in [3.8, 4) is 28.6 Å². The van der Waals surface area contributed by atoms with Gasteiger partial charge in [0.25, 0.3) is 11.8 Å². The van der Waals surface area contributed by atoms with Gasteiger partial charge in [0.2, 0.25) is 12.3 Å². The molecule has 0 saturated heterocycles. The minimum Gasteiger partial charge on any atom is -0.497 e. The molecule has 0 fully saturated rings. The van der Waals surface area contributed by atoms with Gasteiger partial charge in [-0.15, -0.1) is 0 Å². The third-order valence-electron chi connectivity index (χ3n) is 8.77. The van der Waals surface area contributed by atoms with E-state index in [1.165, 1.54) is 62.8 Å². The van der Waals surface area contributed by atoms with Gasteiger partial charge >= 0.3 is 23.9 Å². The van der Waals surface area contributed by atoms with Crippen LogP contribution in [0.1, 0.15) is 83.6 Å². The number of benzene rings is 2. The molecule has 3 aromatic rings. The summed E-state index contributed by atoms with van der Waals surface area (Å²) < 4.78 is 21.4. The first-order chi connectivity index (χ1) is 28.2. The number of ether oxygens (including phenoxy) is 3. The van der Waals surface area contributed by atoms with Crippen molar-refractivity contribution in [3.63, 3.8) is 0 Å². The minimum atomic E-state index is -1.80. The topological polar surface area (TPSA) is 287 Å². The van der Waals surface area contributed by atoms with Crippen molar-refractivity contribution in [2.24, 2.45) is 5.92 Å². The van der Waals surface area contributed by atoms with Crippen LogP contribution in [0.4, 0.5) is 0 Å².